The number of aliphatic hydroxyl groups excluding tert-OH is 1. The standard InChI is InChI=1S/C9H13N3O2/c13-8(6-1-2-6)5-10-9(14)7-3-11-12-4-7/h3-4,6,8,13H,1-2,5H2,(H,10,14)(H,11,12). The summed E-state index contributed by atoms with van der Waals surface area (Å²) in [5.74, 6) is 0.193. The number of rotatable bonds is 4. The maximum Gasteiger partial charge on any atom is 0.254 e. The van der Waals surface area contributed by atoms with Crippen molar-refractivity contribution in [3.8, 4) is 0 Å². The van der Waals surface area contributed by atoms with E-state index in [-0.39, 0.29) is 5.91 Å². The van der Waals surface area contributed by atoms with Gasteiger partial charge < -0.3 is 10.4 Å². The summed E-state index contributed by atoms with van der Waals surface area (Å²) in [6.45, 7) is 0.328. The lowest BCUT2D eigenvalue weighted by molar-refractivity contribution is 0.0901. The van der Waals surface area contributed by atoms with Crippen molar-refractivity contribution in [3.63, 3.8) is 0 Å². The van der Waals surface area contributed by atoms with Crippen molar-refractivity contribution in [3.05, 3.63) is 18.0 Å². The first-order chi connectivity index (χ1) is 6.77. The van der Waals surface area contributed by atoms with E-state index >= 15 is 0 Å². The third kappa shape index (κ3) is 2.11. The molecule has 1 amide bonds. The normalized spacial score (nSPS) is 17.8. The molecule has 1 aliphatic rings. The molecular weight excluding hydrogens is 182 g/mol. The van der Waals surface area contributed by atoms with Crippen LogP contribution >= 0.6 is 0 Å². The Balaban J connectivity index is 1.77. The number of nitrogens with one attached hydrogen (secondary N) is 2. The summed E-state index contributed by atoms with van der Waals surface area (Å²) < 4.78 is 0. The zero-order valence-corrected chi connectivity index (χ0v) is 7.73. The average Bonchev–Trinajstić information content (AvgIpc) is 2.90. The van der Waals surface area contributed by atoms with Gasteiger partial charge in [-0.05, 0) is 18.8 Å². The van der Waals surface area contributed by atoms with Crippen molar-refractivity contribution in [1.82, 2.24) is 15.5 Å². The molecule has 0 aromatic carbocycles. The average molecular weight is 195 g/mol. The van der Waals surface area contributed by atoms with Gasteiger partial charge in [0, 0.05) is 12.7 Å². The molecule has 1 aliphatic carbocycles. The molecule has 76 valence electrons. The first-order valence-electron chi connectivity index (χ1n) is 4.72. The Morgan fingerprint density at radius 3 is 3.14 bits per heavy atom. The van der Waals surface area contributed by atoms with Crippen LogP contribution in [0.5, 0.6) is 0 Å². The molecule has 1 aromatic rings. The van der Waals surface area contributed by atoms with Gasteiger partial charge in [0.25, 0.3) is 5.91 Å². The van der Waals surface area contributed by atoms with Crippen LogP contribution in [0.3, 0.4) is 0 Å². The van der Waals surface area contributed by atoms with E-state index in [1.54, 1.807) is 0 Å². The fraction of sp³-hybridized carbons (Fsp3) is 0.556. The van der Waals surface area contributed by atoms with Gasteiger partial charge in [0.2, 0.25) is 0 Å². The maximum atomic E-state index is 11.4. The predicted molar refractivity (Wildman–Crippen MR) is 49.7 cm³/mol. The van der Waals surface area contributed by atoms with Crippen LogP contribution in [0, 0.1) is 5.92 Å². The monoisotopic (exact) mass is 195 g/mol. The predicted octanol–water partition coefficient (Wildman–Crippen LogP) is -0.0896. The van der Waals surface area contributed by atoms with Gasteiger partial charge in [0.1, 0.15) is 0 Å². The van der Waals surface area contributed by atoms with Crippen molar-refractivity contribution in [2.75, 3.05) is 6.54 Å². The second-order valence-electron chi connectivity index (χ2n) is 3.60. The molecule has 1 saturated carbocycles. The topological polar surface area (TPSA) is 78.0 Å². The van der Waals surface area contributed by atoms with Gasteiger partial charge in [-0.3, -0.25) is 9.89 Å². The second kappa shape index (κ2) is 3.79. The van der Waals surface area contributed by atoms with Crippen LogP contribution in [-0.4, -0.2) is 33.9 Å². The van der Waals surface area contributed by atoms with Crippen LogP contribution in [0.1, 0.15) is 23.2 Å². The number of hydrogen-bond acceptors (Lipinski definition) is 3. The highest BCUT2D eigenvalue weighted by Crippen LogP contribution is 2.32. The molecule has 1 atom stereocenters. The smallest absolute Gasteiger partial charge is 0.254 e. The molecule has 0 saturated heterocycles. The summed E-state index contributed by atoms with van der Waals surface area (Å²) >= 11 is 0. The fourth-order valence-electron chi connectivity index (χ4n) is 1.32. The summed E-state index contributed by atoms with van der Waals surface area (Å²) in [7, 11) is 0. The van der Waals surface area contributed by atoms with E-state index in [4.69, 9.17) is 0 Å². The Labute approximate surface area is 81.5 Å². The fourth-order valence-corrected chi connectivity index (χ4v) is 1.32. The molecule has 0 aliphatic heterocycles. The zero-order valence-electron chi connectivity index (χ0n) is 7.73. The molecule has 0 radical (unpaired) electrons. The number of hydrogen-bond donors (Lipinski definition) is 3. The maximum absolute atomic E-state index is 11.4. The van der Waals surface area contributed by atoms with E-state index in [0.29, 0.717) is 18.0 Å². The van der Waals surface area contributed by atoms with Crippen LogP contribution in [0.4, 0.5) is 0 Å². The molecule has 1 fully saturated rings. The SMILES string of the molecule is O=C(NCC(O)C1CC1)c1cn[nH]c1. The van der Waals surface area contributed by atoms with Crippen LogP contribution in [-0.2, 0) is 0 Å². The summed E-state index contributed by atoms with van der Waals surface area (Å²) in [5.41, 5.74) is 0.494. The summed E-state index contributed by atoms with van der Waals surface area (Å²) in [5, 5.41) is 18.4. The highest BCUT2D eigenvalue weighted by Gasteiger charge is 2.29. The number of carbonyl (C=O) groups is 1. The molecule has 5 heteroatoms. The van der Waals surface area contributed by atoms with Crippen LogP contribution in [0.15, 0.2) is 12.4 Å². The minimum absolute atomic E-state index is 0.196. The van der Waals surface area contributed by atoms with Crippen LogP contribution in [0.2, 0.25) is 0 Å². The van der Waals surface area contributed by atoms with Gasteiger partial charge in [-0.25, -0.2) is 0 Å². The third-order valence-corrected chi connectivity index (χ3v) is 2.40. The lowest BCUT2D eigenvalue weighted by Gasteiger charge is -2.09. The Morgan fingerprint density at radius 2 is 2.57 bits per heavy atom. The Hall–Kier alpha value is -1.36. The van der Waals surface area contributed by atoms with E-state index < -0.39 is 6.10 Å². The summed E-state index contributed by atoms with van der Waals surface area (Å²) in [6.07, 6.45) is 4.73. The molecule has 5 nitrogen and oxygen atoms in total. The number of carbonyl (C=O) groups excluding carboxylic acids is 1. The lowest BCUT2D eigenvalue weighted by Crippen LogP contribution is -2.32. The number of aromatic nitrogens is 2. The van der Waals surface area contributed by atoms with Crippen LogP contribution < -0.4 is 5.32 Å². The largest absolute Gasteiger partial charge is 0.391 e. The van der Waals surface area contributed by atoms with Crippen molar-refractivity contribution in [1.29, 1.82) is 0 Å². The number of nitrogens with zero attached hydrogens (tertiary/aromatic N) is 1. The van der Waals surface area contributed by atoms with Crippen molar-refractivity contribution in [2.45, 2.75) is 18.9 Å². The molecule has 1 aromatic heterocycles. The molecule has 2 rings (SSSR count). The van der Waals surface area contributed by atoms with E-state index in [1.165, 1.54) is 12.4 Å². The molecule has 3 N–H and O–H groups in total. The molecule has 1 unspecified atom stereocenters. The minimum atomic E-state index is -0.397. The number of aromatic amines is 1. The molecule has 14 heavy (non-hydrogen) atoms. The molecule has 0 spiro atoms. The first-order valence-corrected chi connectivity index (χ1v) is 4.72. The van der Waals surface area contributed by atoms with E-state index in [0.717, 1.165) is 12.8 Å². The van der Waals surface area contributed by atoms with Gasteiger partial charge in [0.05, 0.1) is 17.9 Å². The third-order valence-electron chi connectivity index (χ3n) is 2.40. The Morgan fingerprint density at radius 1 is 1.79 bits per heavy atom. The second-order valence-corrected chi connectivity index (χ2v) is 3.60. The lowest BCUT2D eigenvalue weighted by atomic mass is 10.2. The van der Waals surface area contributed by atoms with Gasteiger partial charge in [0.15, 0.2) is 0 Å². The van der Waals surface area contributed by atoms with Crippen molar-refractivity contribution >= 4 is 5.91 Å². The van der Waals surface area contributed by atoms with E-state index in [1.807, 2.05) is 0 Å². The van der Waals surface area contributed by atoms with Crippen molar-refractivity contribution in [2.24, 2.45) is 5.92 Å². The number of aliphatic hydroxyl groups is 1. The number of amides is 1. The van der Waals surface area contributed by atoms with Gasteiger partial charge in [-0.1, -0.05) is 0 Å². The van der Waals surface area contributed by atoms with Crippen molar-refractivity contribution < 1.29 is 9.90 Å². The molecular formula is C9H13N3O2. The zero-order chi connectivity index (χ0) is 9.97. The first kappa shape index (κ1) is 9.21. The van der Waals surface area contributed by atoms with E-state index in [2.05, 4.69) is 15.5 Å². The van der Waals surface area contributed by atoms with Crippen LogP contribution in [0.25, 0.3) is 0 Å². The van der Waals surface area contributed by atoms with Gasteiger partial charge >= 0.3 is 0 Å². The van der Waals surface area contributed by atoms with Gasteiger partial charge in [-0.15, -0.1) is 0 Å². The van der Waals surface area contributed by atoms with Gasteiger partial charge in [-0.2, -0.15) is 5.10 Å². The summed E-state index contributed by atoms with van der Waals surface area (Å²) in [6, 6.07) is 0. The molecule has 1 heterocycles. The number of H-pyrrole nitrogens is 1. The Kier molecular flexibility index (Phi) is 2.49. The van der Waals surface area contributed by atoms with E-state index in [9.17, 15) is 9.90 Å². The highest BCUT2D eigenvalue weighted by molar-refractivity contribution is 5.93. The summed E-state index contributed by atoms with van der Waals surface area (Å²) in [4.78, 5) is 11.4. The quantitative estimate of drug-likeness (QED) is 0.628. The minimum Gasteiger partial charge on any atom is -0.391 e. The highest BCUT2D eigenvalue weighted by atomic mass is 16.3. The Bertz CT molecular complexity index is 306. The molecule has 0 bridgehead atoms.